The van der Waals surface area contributed by atoms with Gasteiger partial charge in [0.15, 0.2) is 0 Å². The van der Waals surface area contributed by atoms with Crippen LogP contribution in [-0.2, 0) is 4.79 Å². The van der Waals surface area contributed by atoms with E-state index < -0.39 is 23.4 Å². The smallest absolute Gasteiger partial charge is 0.308 e. The lowest BCUT2D eigenvalue weighted by atomic mass is 9.99. The number of hydrogen-bond acceptors (Lipinski definition) is 3. The van der Waals surface area contributed by atoms with Gasteiger partial charge >= 0.3 is 5.97 Å². The lowest BCUT2D eigenvalue weighted by molar-refractivity contribution is -0.142. The van der Waals surface area contributed by atoms with Gasteiger partial charge in [0.2, 0.25) is 0 Å². The van der Waals surface area contributed by atoms with E-state index >= 15 is 0 Å². The molecule has 2 atom stereocenters. The van der Waals surface area contributed by atoms with Crippen LogP contribution in [0.1, 0.15) is 22.8 Å². The van der Waals surface area contributed by atoms with Crippen molar-refractivity contribution in [2.75, 3.05) is 13.1 Å². The van der Waals surface area contributed by atoms with Crippen molar-refractivity contribution in [3.8, 4) is 0 Å². The van der Waals surface area contributed by atoms with Crippen LogP contribution in [0.3, 0.4) is 0 Å². The van der Waals surface area contributed by atoms with Crippen LogP contribution >= 0.6 is 0 Å². The monoisotopic (exact) mass is 314 g/mol. The van der Waals surface area contributed by atoms with Gasteiger partial charge < -0.3 is 15.0 Å². The summed E-state index contributed by atoms with van der Waals surface area (Å²) in [7, 11) is 0. The van der Waals surface area contributed by atoms with Gasteiger partial charge in [-0.05, 0) is 24.5 Å². The number of nitrogens with one attached hydrogen (secondary N) is 1. The number of likely N-dealkylation sites (tertiary alicyclic amines) is 1. The molecule has 1 amide bonds. The van der Waals surface area contributed by atoms with E-state index in [1.54, 1.807) is 13.0 Å². The van der Waals surface area contributed by atoms with Gasteiger partial charge in [0.05, 0.1) is 5.92 Å². The van der Waals surface area contributed by atoms with Crippen LogP contribution in [0.15, 0.2) is 29.1 Å². The molecule has 0 bridgehead atoms. The Hall–Kier alpha value is -2.63. The molecule has 0 unspecified atom stereocenters. The molecule has 0 aliphatic carbocycles. The SMILES string of the molecule is Cc1c(C(=O)N2C[C@@H](C)[C@H](C(=O)O)C2)c(=O)[nH]c2ccccc12. The van der Waals surface area contributed by atoms with Gasteiger partial charge in [0.1, 0.15) is 5.56 Å². The second kappa shape index (κ2) is 5.53. The van der Waals surface area contributed by atoms with Gasteiger partial charge in [-0.3, -0.25) is 14.4 Å². The van der Waals surface area contributed by atoms with Crippen molar-refractivity contribution in [2.24, 2.45) is 11.8 Å². The zero-order valence-corrected chi connectivity index (χ0v) is 13.0. The van der Waals surface area contributed by atoms with Crippen LogP contribution in [0.25, 0.3) is 10.9 Å². The Kier molecular flexibility index (Phi) is 3.67. The molecule has 0 radical (unpaired) electrons. The zero-order chi connectivity index (χ0) is 16.7. The highest BCUT2D eigenvalue weighted by atomic mass is 16.4. The minimum Gasteiger partial charge on any atom is -0.481 e. The molecule has 120 valence electrons. The molecule has 6 heteroatoms. The molecule has 2 heterocycles. The number of carboxylic acids is 1. The van der Waals surface area contributed by atoms with Crippen LogP contribution in [-0.4, -0.2) is 40.0 Å². The number of hydrogen-bond donors (Lipinski definition) is 2. The molecular weight excluding hydrogens is 296 g/mol. The number of nitrogens with zero attached hydrogens (tertiary/aromatic N) is 1. The van der Waals surface area contributed by atoms with Crippen molar-refractivity contribution < 1.29 is 14.7 Å². The van der Waals surface area contributed by atoms with Crippen LogP contribution in [0.4, 0.5) is 0 Å². The molecule has 6 nitrogen and oxygen atoms in total. The number of rotatable bonds is 2. The van der Waals surface area contributed by atoms with E-state index in [2.05, 4.69) is 4.98 Å². The van der Waals surface area contributed by atoms with Crippen molar-refractivity contribution in [3.05, 3.63) is 45.7 Å². The van der Waals surface area contributed by atoms with E-state index in [-0.39, 0.29) is 18.0 Å². The highest BCUT2D eigenvalue weighted by molar-refractivity contribution is 6.00. The Morgan fingerprint density at radius 3 is 2.61 bits per heavy atom. The Labute approximate surface area is 132 Å². The molecule has 23 heavy (non-hydrogen) atoms. The average molecular weight is 314 g/mol. The van der Waals surface area contributed by atoms with E-state index in [1.165, 1.54) is 4.90 Å². The number of carbonyl (C=O) groups is 2. The van der Waals surface area contributed by atoms with Crippen LogP contribution < -0.4 is 5.56 Å². The van der Waals surface area contributed by atoms with Crippen LogP contribution in [0.2, 0.25) is 0 Å². The molecule has 1 saturated heterocycles. The molecule has 2 aromatic rings. The summed E-state index contributed by atoms with van der Waals surface area (Å²) in [6.07, 6.45) is 0. The van der Waals surface area contributed by atoms with Gasteiger partial charge in [0.25, 0.3) is 11.5 Å². The van der Waals surface area contributed by atoms with Crippen molar-refractivity contribution in [3.63, 3.8) is 0 Å². The van der Waals surface area contributed by atoms with E-state index in [0.29, 0.717) is 17.6 Å². The van der Waals surface area contributed by atoms with Gasteiger partial charge in [-0.1, -0.05) is 25.1 Å². The number of amides is 1. The predicted molar refractivity (Wildman–Crippen MR) is 85.5 cm³/mol. The molecule has 1 aliphatic rings. The molecule has 1 fully saturated rings. The van der Waals surface area contributed by atoms with Crippen molar-refractivity contribution in [2.45, 2.75) is 13.8 Å². The number of pyridine rings is 1. The minimum atomic E-state index is -0.906. The number of H-pyrrole nitrogens is 1. The largest absolute Gasteiger partial charge is 0.481 e. The number of carboxylic acid groups (broad SMARTS) is 1. The normalized spacial score (nSPS) is 20.9. The molecular formula is C17H18N2O4. The molecule has 1 aromatic carbocycles. The molecule has 3 rings (SSSR count). The molecule has 1 aromatic heterocycles. The third-order valence-corrected chi connectivity index (χ3v) is 4.61. The summed E-state index contributed by atoms with van der Waals surface area (Å²) in [6.45, 7) is 4.05. The van der Waals surface area contributed by atoms with E-state index in [0.717, 1.165) is 5.39 Å². The Morgan fingerprint density at radius 2 is 1.96 bits per heavy atom. The summed E-state index contributed by atoms with van der Waals surface area (Å²) >= 11 is 0. The standard InChI is InChI=1S/C17H18N2O4/c1-9-7-19(8-12(9)17(22)23)16(21)14-10(2)11-5-3-4-6-13(11)18-15(14)20/h3-6,9,12H,7-8H2,1-2H3,(H,18,20)(H,22,23)/t9-,12-/m1/s1. The topological polar surface area (TPSA) is 90.5 Å². The van der Waals surface area contributed by atoms with Crippen LogP contribution in [0, 0.1) is 18.8 Å². The van der Waals surface area contributed by atoms with E-state index in [4.69, 9.17) is 0 Å². The maximum atomic E-state index is 12.8. The highest BCUT2D eigenvalue weighted by Gasteiger charge is 2.38. The summed E-state index contributed by atoms with van der Waals surface area (Å²) in [5.74, 6) is -2.02. The first-order valence-electron chi connectivity index (χ1n) is 7.54. The third kappa shape index (κ3) is 2.50. The molecule has 2 N–H and O–H groups in total. The first kappa shape index (κ1) is 15.3. The molecule has 0 spiro atoms. The first-order chi connectivity index (χ1) is 10.9. The van der Waals surface area contributed by atoms with E-state index in [1.807, 2.05) is 25.1 Å². The molecule has 1 aliphatic heterocycles. The van der Waals surface area contributed by atoms with Gasteiger partial charge in [-0.15, -0.1) is 0 Å². The number of aromatic nitrogens is 1. The third-order valence-electron chi connectivity index (χ3n) is 4.61. The molecule has 0 saturated carbocycles. The lowest BCUT2D eigenvalue weighted by Gasteiger charge is -2.17. The summed E-state index contributed by atoms with van der Waals surface area (Å²) in [4.78, 5) is 40.5. The fourth-order valence-electron chi connectivity index (χ4n) is 3.28. The number of aliphatic carboxylic acids is 1. The lowest BCUT2D eigenvalue weighted by Crippen LogP contribution is -2.34. The fraction of sp³-hybridized carbons (Fsp3) is 0.353. The number of aryl methyl sites for hydroxylation is 1. The highest BCUT2D eigenvalue weighted by Crippen LogP contribution is 2.26. The van der Waals surface area contributed by atoms with Crippen LogP contribution in [0.5, 0.6) is 0 Å². The summed E-state index contributed by atoms with van der Waals surface area (Å²) in [5.41, 5.74) is 0.977. The van der Waals surface area contributed by atoms with Crippen molar-refractivity contribution in [1.82, 2.24) is 9.88 Å². The Bertz CT molecular complexity index is 855. The Balaban J connectivity index is 2.02. The predicted octanol–water partition coefficient (Wildman–Crippen LogP) is 1.63. The number of fused-ring (bicyclic) bond motifs is 1. The Morgan fingerprint density at radius 1 is 1.26 bits per heavy atom. The van der Waals surface area contributed by atoms with Gasteiger partial charge in [0, 0.05) is 24.0 Å². The average Bonchev–Trinajstić information content (AvgIpc) is 2.89. The number of benzene rings is 1. The quantitative estimate of drug-likeness (QED) is 0.881. The minimum absolute atomic E-state index is 0.0990. The second-order valence-corrected chi connectivity index (χ2v) is 6.13. The van der Waals surface area contributed by atoms with Gasteiger partial charge in [-0.25, -0.2) is 0 Å². The van der Waals surface area contributed by atoms with Crippen molar-refractivity contribution >= 4 is 22.8 Å². The van der Waals surface area contributed by atoms with Crippen molar-refractivity contribution in [1.29, 1.82) is 0 Å². The maximum absolute atomic E-state index is 12.8. The van der Waals surface area contributed by atoms with Gasteiger partial charge in [-0.2, -0.15) is 0 Å². The number of carbonyl (C=O) groups excluding carboxylic acids is 1. The van der Waals surface area contributed by atoms with E-state index in [9.17, 15) is 19.5 Å². The first-order valence-corrected chi connectivity index (χ1v) is 7.54. The second-order valence-electron chi connectivity index (χ2n) is 6.13. The summed E-state index contributed by atoms with van der Waals surface area (Å²) in [6, 6.07) is 7.31. The fourth-order valence-corrected chi connectivity index (χ4v) is 3.28. The number of aromatic amines is 1. The summed E-state index contributed by atoms with van der Waals surface area (Å²) in [5, 5.41) is 10.0. The maximum Gasteiger partial charge on any atom is 0.308 e. The zero-order valence-electron chi connectivity index (χ0n) is 13.0. The summed E-state index contributed by atoms with van der Waals surface area (Å²) < 4.78 is 0. The number of para-hydroxylation sites is 1.